The van der Waals surface area contributed by atoms with Crippen molar-refractivity contribution < 1.29 is 19.1 Å². The summed E-state index contributed by atoms with van der Waals surface area (Å²) in [4.78, 5) is 27.8. The van der Waals surface area contributed by atoms with Crippen molar-refractivity contribution in [2.75, 3.05) is 25.6 Å². The Balaban J connectivity index is 2.07. The predicted molar refractivity (Wildman–Crippen MR) is 106 cm³/mol. The second kappa shape index (κ2) is 10.5. The second-order valence-electron chi connectivity index (χ2n) is 5.25. The van der Waals surface area contributed by atoms with Crippen LogP contribution < -0.4 is 20.1 Å². The number of thiazole rings is 1. The van der Waals surface area contributed by atoms with Gasteiger partial charge in [-0.1, -0.05) is 12.1 Å². The van der Waals surface area contributed by atoms with Crippen molar-refractivity contribution in [3.63, 3.8) is 0 Å². The first kappa shape index (κ1) is 20.7. The van der Waals surface area contributed by atoms with Crippen molar-refractivity contribution in [1.29, 1.82) is 5.26 Å². The lowest BCUT2D eigenvalue weighted by molar-refractivity contribution is -0.118. The number of hydrogen-bond acceptors (Lipinski definition) is 7. The molecule has 0 aliphatic carbocycles. The van der Waals surface area contributed by atoms with E-state index in [0.29, 0.717) is 22.2 Å². The van der Waals surface area contributed by atoms with Crippen LogP contribution in [0.5, 0.6) is 11.5 Å². The number of nitriles is 1. The molecule has 2 rings (SSSR count). The summed E-state index contributed by atoms with van der Waals surface area (Å²) in [5.74, 6) is -0.143. The number of rotatable bonds is 9. The smallest absolute Gasteiger partial charge is 0.264 e. The number of amides is 2. The molecule has 28 heavy (non-hydrogen) atoms. The summed E-state index contributed by atoms with van der Waals surface area (Å²) in [6.07, 6.45) is 4.54. The Morgan fingerprint density at radius 3 is 2.86 bits per heavy atom. The summed E-state index contributed by atoms with van der Waals surface area (Å²) in [7, 11) is 1.45. The Morgan fingerprint density at radius 1 is 1.39 bits per heavy atom. The van der Waals surface area contributed by atoms with Crippen LogP contribution >= 0.6 is 11.3 Å². The van der Waals surface area contributed by atoms with Crippen LogP contribution in [0.25, 0.3) is 6.08 Å². The molecule has 8 nitrogen and oxygen atoms in total. The largest absolute Gasteiger partial charge is 0.493 e. The van der Waals surface area contributed by atoms with Crippen LogP contribution in [0.3, 0.4) is 0 Å². The minimum Gasteiger partial charge on any atom is -0.493 e. The van der Waals surface area contributed by atoms with Crippen LogP contribution in [0, 0.1) is 11.3 Å². The van der Waals surface area contributed by atoms with Crippen molar-refractivity contribution in [1.82, 2.24) is 10.3 Å². The number of methoxy groups -OCH3 is 1. The minimum absolute atomic E-state index is 0.0552. The predicted octanol–water partition coefficient (Wildman–Crippen LogP) is 2.38. The van der Waals surface area contributed by atoms with Crippen LogP contribution in [-0.2, 0) is 9.59 Å². The lowest BCUT2D eigenvalue weighted by atomic mass is 10.1. The van der Waals surface area contributed by atoms with Gasteiger partial charge >= 0.3 is 0 Å². The van der Waals surface area contributed by atoms with E-state index in [9.17, 15) is 14.9 Å². The number of carbonyl (C=O) groups excluding carboxylic acids is 2. The normalized spacial score (nSPS) is 10.5. The lowest BCUT2D eigenvalue weighted by Crippen LogP contribution is -2.24. The third-order valence-corrected chi connectivity index (χ3v) is 4.00. The Bertz CT molecular complexity index is 917. The van der Waals surface area contributed by atoms with E-state index < -0.39 is 5.91 Å². The van der Waals surface area contributed by atoms with E-state index in [0.717, 1.165) is 0 Å². The molecule has 1 aromatic carbocycles. The van der Waals surface area contributed by atoms with Crippen LogP contribution in [-0.4, -0.2) is 37.1 Å². The van der Waals surface area contributed by atoms with E-state index in [1.807, 2.05) is 6.07 Å². The van der Waals surface area contributed by atoms with E-state index in [-0.39, 0.29) is 24.6 Å². The first-order valence-electron chi connectivity index (χ1n) is 8.08. The Hall–Kier alpha value is -3.64. The van der Waals surface area contributed by atoms with Crippen LogP contribution in [0.4, 0.5) is 5.13 Å². The molecule has 0 aliphatic rings. The fourth-order valence-electron chi connectivity index (χ4n) is 2.05. The molecule has 0 spiro atoms. The number of aromatic nitrogens is 1. The summed E-state index contributed by atoms with van der Waals surface area (Å²) in [6.45, 7) is 3.54. The molecule has 0 fully saturated rings. The van der Waals surface area contributed by atoms with Gasteiger partial charge in [-0.15, -0.1) is 17.9 Å². The maximum Gasteiger partial charge on any atom is 0.264 e. The maximum absolute atomic E-state index is 11.9. The van der Waals surface area contributed by atoms with Gasteiger partial charge < -0.3 is 14.8 Å². The molecule has 1 heterocycles. The molecule has 2 N–H and O–H groups in total. The summed E-state index contributed by atoms with van der Waals surface area (Å²) in [5, 5.41) is 16.6. The molecule has 0 aliphatic heterocycles. The molecule has 0 saturated carbocycles. The van der Waals surface area contributed by atoms with Gasteiger partial charge in [0.25, 0.3) is 11.8 Å². The Labute approximate surface area is 166 Å². The quantitative estimate of drug-likeness (QED) is 0.381. The lowest BCUT2D eigenvalue weighted by Gasteiger charge is -2.11. The number of ether oxygens (including phenoxy) is 2. The molecule has 0 bridgehead atoms. The zero-order valence-electron chi connectivity index (χ0n) is 15.1. The molecule has 0 saturated heterocycles. The summed E-state index contributed by atoms with van der Waals surface area (Å²) in [6, 6.07) is 6.70. The van der Waals surface area contributed by atoms with E-state index in [1.54, 1.807) is 29.8 Å². The van der Waals surface area contributed by atoms with Crippen LogP contribution in [0.15, 0.2) is 48.0 Å². The number of nitrogens with one attached hydrogen (secondary N) is 2. The molecular weight excluding hydrogens is 380 g/mol. The van der Waals surface area contributed by atoms with Gasteiger partial charge in [-0.05, 0) is 23.8 Å². The van der Waals surface area contributed by atoms with E-state index in [4.69, 9.17) is 9.47 Å². The van der Waals surface area contributed by atoms with Gasteiger partial charge in [0.1, 0.15) is 11.6 Å². The molecule has 144 valence electrons. The van der Waals surface area contributed by atoms with Gasteiger partial charge in [-0.3, -0.25) is 14.9 Å². The molecule has 9 heteroatoms. The second-order valence-corrected chi connectivity index (χ2v) is 6.15. The highest BCUT2D eigenvalue weighted by atomic mass is 32.1. The summed E-state index contributed by atoms with van der Waals surface area (Å²) in [5.41, 5.74) is 0.516. The van der Waals surface area contributed by atoms with Crippen molar-refractivity contribution >= 4 is 34.4 Å². The highest BCUT2D eigenvalue weighted by Crippen LogP contribution is 2.29. The monoisotopic (exact) mass is 398 g/mol. The zero-order chi connectivity index (χ0) is 20.4. The standard InChI is InChI=1S/C19H18N4O4S/c1-3-6-21-18(25)14(11-20)9-13-4-5-15(16(10-13)26-2)27-12-17(24)23-19-22-7-8-28-19/h3-5,7-10H,1,6,12H2,2H3,(H,21,25)(H,22,23,24). The molecule has 0 unspecified atom stereocenters. The third kappa shape index (κ3) is 5.96. The molecule has 2 aromatic rings. The molecular formula is C19H18N4O4S. The topological polar surface area (TPSA) is 113 Å². The number of hydrogen-bond donors (Lipinski definition) is 2. The number of carbonyl (C=O) groups is 2. The van der Waals surface area contributed by atoms with Crippen molar-refractivity contribution in [3.05, 3.63) is 53.6 Å². The van der Waals surface area contributed by atoms with Crippen LogP contribution in [0.1, 0.15) is 5.56 Å². The van der Waals surface area contributed by atoms with Gasteiger partial charge in [0.2, 0.25) is 0 Å². The molecule has 2 amide bonds. The van der Waals surface area contributed by atoms with E-state index in [2.05, 4.69) is 22.2 Å². The Morgan fingerprint density at radius 2 is 2.21 bits per heavy atom. The molecule has 0 atom stereocenters. The van der Waals surface area contributed by atoms with Gasteiger partial charge in [0.15, 0.2) is 23.2 Å². The van der Waals surface area contributed by atoms with Gasteiger partial charge in [0.05, 0.1) is 7.11 Å². The van der Waals surface area contributed by atoms with Crippen molar-refractivity contribution in [2.45, 2.75) is 0 Å². The van der Waals surface area contributed by atoms with E-state index >= 15 is 0 Å². The van der Waals surface area contributed by atoms with E-state index in [1.165, 1.54) is 30.6 Å². The zero-order valence-corrected chi connectivity index (χ0v) is 15.9. The molecule has 0 radical (unpaired) electrons. The third-order valence-electron chi connectivity index (χ3n) is 3.31. The fraction of sp³-hybridized carbons (Fsp3) is 0.158. The maximum atomic E-state index is 11.9. The summed E-state index contributed by atoms with van der Waals surface area (Å²) < 4.78 is 10.8. The number of anilines is 1. The Kier molecular flexibility index (Phi) is 7.75. The van der Waals surface area contributed by atoms with Crippen LogP contribution in [0.2, 0.25) is 0 Å². The molecule has 1 aromatic heterocycles. The first-order chi connectivity index (χ1) is 13.6. The summed E-state index contributed by atoms with van der Waals surface area (Å²) >= 11 is 1.30. The SMILES string of the molecule is C=CCNC(=O)C(C#N)=Cc1ccc(OCC(=O)Nc2nccs2)c(OC)c1. The van der Waals surface area contributed by atoms with Crippen molar-refractivity contribution in [2.24, 2.45) is 0 Å². The minimum atomic E-state index is -0.499. The number of nitrogens with zero attached hydrogens (tertiary/aromatic N) is 2. The average molecular weight is 398 g/mol. The van der Waals surface area contributed by atoms with Crippen molar-refractivity contribution in [3.8, 4) is 17.6 Å². The van der Waals surface area contributed by atoms with Gasteiger partial charge in [0, 0.05) is 18.1 Å². The first-order valence-corrected chi connectivity index (χ1v) is 8.96. The average Bonchev–Trinajstić information content (AvgIpc) is 3.21. The number of benzene rings is 1. The van der Waals surface area contributed by atoms with Gasteiger partial charge in [-0.25, -0.2) is 4.98 Å². The highest BCUT2D eigenvalue weighted by Gasteiger charge is 2.11. The van der Waals surface area contributed by atoms with Gasteiger partial charge in [-0.2, -0.15) is 5.26 Å². The highest BCUT2D eigenvalue weighted by molar-refractivity contribution is 7.13. The fourth-order valence-corrected chi connectivity index (χ4v) is 2.60.